The standard InChI is InChI=1S/C25H32N2OS/c1-6-20(7-2)21-12-14-23(15-13-21)27(18(3)4)16-19-8-10-22(11-9-19)24-17-29-25(26-24)28-5/h8-15,17-18,20H,6-7,16H2,1-5H3. The second-order valence-electron chi connectivity index (χ2n) is 7.73. The minimum Gasteiger partial charge on any atom is -0.473 e. The topological polar surface area (TPSA) is 25.4 Å². The lowest BCUT2D eigenvalue weighted by molar-refractivity contribution is 0.412. The van der Waals surface area contributed by atoms with Crippen LogP contribution in [0, 0.1) is 0 Å². The second-order valence-corrected chi connectivity index (χ2v) is 8.55. The van der Waals surface area contributed by atoms with E-state index in [-0.39, 0.29) is 0 Å². The number of hydrogen-bond donors (Lipinski definition) is 0. The SMILES string of the molecule is CCC(CC)c1ccc(N(Cc2ccc(-c3csc(OC)n3)cc2)C(C)C)cc1. The van der Waals surface area contributed by atoms with Crippen LogP contribution in [0.15, 0.2) is 53.9 Å². The van der Waals surface area contributed by atoms with Crippen LogP contribution < -0.4 is 9.64 Å². The lowest BCUT2D eigenvalue weighted by Crippen LogP contribution is -2.30. The predicted molar refractivity (Wildman–Crippen MR) is 125 cm³/mol. The maximum Gasteiger partial charge on any atom is 0.273 e. The monoisotopic (exact) mass is 408 g/mol. The van der Waals surface area contributed by atoms with E-state index in [9.17, 15) is 0 Å². The molecule has 0 saturated heterocycles. The van der Waals surface area contributed by atoms with Crippen LogP contribution >= 0.6 is 11.3 Å². The molecule has 3 rings (SSSR count). The number of anilines is 1. The maximum atomic E-state index is 5.21. The van der Waals surface area contributed by atoms with Gasteiger partial charge < -0.3 is 9.64 Å². The fourth-order valence-corrected chi connectivity index (χ4v) is 4.38. The van der Waals surface area contributed by atoms with Gasteiger partial charge >= 0.3 is 0 Å². The van der Waals surface area contributed by atoms with Gasteiger partial charge in [0.1, 0.15) is 0 Å². The lowest BCUT2D eigenvalue weighted by atomic mass is 9.94. The van der Waals surface area contributed by atoms with Gasteiger partial charge in [-0.05, 0) is 55.9 Å². The smallest absolute Gasteiger partial charge is 0.273 e. The molecule has 1 heterocycles. The Bertz CT molecular complexity index is 880. The number of benzene rings is 2. The van der Waals surface area contributed by atoms with E-state index >= 15 is 0 Å². The first-order valence-corrected chi connectivity index (χ1v) is 11.4. The van der Waals surface area contributed by atoms with Crippen LogP contribution in [0.3, 0.4) is 0 Å². The molecule has 29 heavy (non-hydrogen) atoms. The van der Waals surface area contributed by atoms with Crippen molar-refractivity contribution in [2.45, 2.75) is 59.0 Å². The summed E-state index contributed by atoms with van der Waals surface area (Å²) in [7, 11) is 1.66. The average Bonchev–Trinajstić information content (AvgIpc) is 3.23. The Morgan fingerprint density at radius 1 is 0.966 bits per heavy atom. The molecule has 0 amide bonds. The molecule has 154 valence electrons. The Morgan fingerprint density at radius 2 is 1.62 bits per heavy atom. The van der Waals surface area contributed by atoms with Crippen molar-refractivity contribution in [3.63, 3.8) is 0 Å². The van der Waals surface area contributed by atoms with Crippen molar-refractivity contribution in [2.24, 2.45) is 0 Å². The Balaban J connectivity index is 1.75. The molecule has 0 atom stereocenters. The summed E-state index contributed by atoms with van der Waals surface area (Å²) in [4.78, 5) is 6.94. The zero-order chi connectivity index (χ0) is 20.8. The Labute approximate surface area is 179 Å². The van der Waals surface area contributed by atoms with Gasteiger partial charge in [-0.15, -0.1) is 0 Å². The molecule has 0 aliphatic heterocycles. The van der Waals surface area contributed by atoms with Crippen molar-refractivity contribution in [3.05, 3.63) is 65.0 Å². The largest absolute Gasteiger partial charge is 0.473 e. The minimum absolute atomic E-state index is 0.427. The molecule has 0 N–H and O–H groups in total. The Kier molecular flexibility index (Phi) is 7.32. The van der Waals surface area contributed by atoms with E-state index in [4.69, 9.17) is 4.74 Å². The minimum atomic E-state index is 0.427. The predicted octanol–water partition coefficient (Wildman–Crippen LogP) is 7.14. The van der Waals surface area contributed by atoms with E-state index < -0.39 is 0 Å². The number of rotatable bonds is 9. The third kappa shape index (κ3) is 5.18. The number of hydrogen-bond acceptors (Lipinski definition) is 4. The first-order valence-electron chi connectivity index (χ1n) is 10.5. The highest BCUT2D eigenvalue weighted by Gasteiger charge is 2.13. The molecular formula is C25H32N2OS. The zero-order valence-electron chi connectivity index (χ0n) is 18.2. The second kappa shape index (κ2) is 9.93. The molecule has 4 heteroatoms. The molecule has 2 aromatic carbocycles. The van der Waals surface area contributed by atoms with Crippen LogP contribution in [0.4, 0.5) is 5.69 Å². The van der Waals surface area contributed by atoms with Crippen molar-refractivity contribution >= 4 is 17.0 Å². The normalized spacial score (nSPS) is 11.3. The van der Waals surface area contributed by atoms with Crippen LogP contribution in [0.5, 0.6) is 5.19 Å². The van der Waals surface area contributed by atoms with Crippen LogP contribution in [0.25, 0.3) is 11.3 Å². The number of nitrogens with zero attached hydrogens (tertiary/aromatic N) is 2. The molecular weight excluding hydrogens is 376 g/mol. The van der Waals surface area contributed by atoms with E-state index in [0.29, 0.717) is 17.2 Å². The number of ether oxygens (including phenoxy) is 1. The summed E-state index contributed by atoms with van der Waals surface area (Å²) in [5, 5.41) is 2.74. The van der Waals surface area contributed by atoms with E-state index in [1.165, 1.54) is 41.0 Å². The van der Waals surface area contributed by atoms with Gasteiger partial charge in [-0.2, -0.15) is 0 Å². The molecule has 0 aliphatic rings. The third-order valence-electron chi connectivity index (χ3n) is 5.57. The van der Waals surface area contributed by atoms with Gasteiger partial charge in [-0.1, -0.05) is 61.6 Å². The van der Waals surface area contributed by atoms with Crippen molar-refractivity contribution < 1.29 is 4.74 Å². The molecule has 0 aliphatic carbocycles. The van der Waals surface area contributed by atoms with Crippen LogP contribution in [0.2, 0.25) is 0 Å². The molecule has 0 saturated carbocycles. The van der Waals surface area contributed by atoms with Crippen molar-refractivity contribution in [3.8, 4) is 16.5 Å². The first-order chi connectivity index (χ1) is 14.0. The van der Waals surface area contributed by atoms with Gasteiger partial charge in [0.15, 0.2) is 0 Å². The molecule has 0 radical (unpaired) electrons. The van der Waals surface area contributed by atoms with Crippen LogP contribution in [0.1, 0.15) is 57.6 Å². The molecule has 3 aromatic rings. The summed E-state index contributed by atoms with van der Waals surface area (Å²) in [6.45, 7) is 9.94. The summed E-state index contributed by atoms with van der Waals surface area (Å²) in [5.74, 6) is 0.661. The zero-order valence-corrected chi connectivity index (χ0v) is 19.0. The van der Waals surface area contributed by atoms with Crippen LogP contribution in [-0.4, -0.2) is 18.1 Å². The molecule has 1 aromatic heterocycles. The van der Waals surface area contributed by atoms with E-state index in [1.807, 2.05) is 5.38 Å². The molecule has 0 spiro atoms. The molecule has 0 bridgehead atoms. The van der Waals surface area contributed by atoms with Gasteiger partial charge in [0, 0.05) is 29.2 Å². The highest BCUT2D eigenvalue weighted by atomic mass is 32.1. The number of methoxy groups -OCH3 is 1. The summed E-state index contributed by atoms with van der Waals surface area (Å²) >= 11 is 1.53. The Morgan fingerprint density at radius 3 is 2.14 bits per heavy atom. The van der Waals surface area contributed by atoms with Crippen molar-refractivity contribution in [1.82, 2.24) is 4.98 Å². The fraction of sp³-hybridized carbons (Fsp3) is 0.400. The van der Waals surface area contributed by atoms with E-state index in [2.05, 4.69) is 86.1 Å². The molecule has 0 unspecified atom stereocenters. The highest BCUT2D eigenvalue weighted by molar-refractivity contribution is 7.11. The van der Waals surface area contributed by atoms with E-state index in [0.717, 1.165) is 17.8 Å². The average molecular weight is 409 g/mol. The third-order valence-corrected chi connectivity index (χ3v) is 6.37. The number of aromatic nitrogens is 1. The molecule has 3 nitrogen and oxygen atoms in total. The molecule has 0 fully saturated rings. The number of thiazole rings is 1. The summed E-state index contributed by atoms with van der Waals surface area (Å²) in [6.07, 6.45) is 2.39. The van der Waals surface area contributed by atoms with Crippen LogP contribution in [-0.2, 0) is 6.54 Å². The first kappa shape index (κ1) is 21.4. The maximum absolute atomic E-state index is 5.21. The fourth-order valence-electron chi connectivity index (χ4n) is 3.73. The Hall–Kier alpha value is -2.33. The van der Waals surface area contributed by atoms with Crippen molar-refractivity contribution in [2.75, 3.05) is 12.0 Å². The van der Waals surface area contributed by atoms with Gasteiger partial charge in [-0.3, -0.25) is 0 Å². The van der Waals surface area contributed by atoms with Crippen molar-refractivity contribution in [1.29, 1.82) is 0 Å². The summed E-state index contributed by atoms with van der Waals surface area (Å²) in [5.41, 5.74) is 6.12. The summed E-state index contributed by atoms with van der Waals surface area (Å²) in [6, 6.07) is 18.3. The van der Waals surface area contributed by atoms with Gasteiger partial charge in [0.05, 0.1) is 12.8 Å². The lowest BCUT2D eigenvalue weighted by Gasteiger charge is -2.29. The van der Waals surface area contributed by atoms with Gasteiger partial charge in [0.25, 0.3) is 5.19 Å². The quantitative estimate of drug-likeness (QED) is 0.376. The van der Waals surface area contributed by atoms with Gasteiger partial charge in [-0.25, -0.2) is 4.98 Å². The highest BCUT2D eigenvalue weighted by Crippen LogP contribution is 2.29. The van der Waals surface area contributed by atoms with E-state index in [1.54, 1.807) is 7.11 Å². The summed E-state index contributed by atoms with van der Waals surface area (Å²) < 4.78 is 5.21. The van der Waals surface area contributed by atoms with Gasteiger partial charge in [0.2, 0.25) is 0 Å².